The minimum Gasteiger partial charge on any atom is -0.319 e. The van der Waals surface area contributed by atoms with E-state index in [0.717, 1.165) is 27.3 Å². The molecule has 0 saturated carbocycles. The monoisotopic (exact) mass is 676 g/mol. The van der Waals surface area contributed by atoms with Crippen molar-refractivity contribution in [1.82, 2.24) is 9.55 Å². The lowest BCUT2D eigenvalue weighted by Gasteiger charge is -2.29. The predicted molar refractivity (Wildman–Crippen MR) is 187 cm³/mol. The molecule has 0 saturated heterocycles. The Balaban J connectivity index is 1.60. The van der Waals surface area contributed by atoms with Crippen LogP contribution < -0.4 is 5.30 Å². The molecule has 8 heteroatoms. The molecule has 0 fully saturated rings. The van der Waals surface area contributed by atoms with Crippen LogP contribution in [-0.4, -0.2) is 16.2 Å². The molecule has 5 aromatic carbocycles. The minimum atomic E-state index is -2.19. The molecule has 1 heterocycles. The van der Waals surface area contributed by atoms with Gasteiger partial charge in [-0.1, -0.05) is 133 Å². The smallest absolute Gasteiger partial charge is 0.200 e. The second kappa shape index (κ2) is 13.8. The molecule has 7 rings (SSSR count). The summed E-state index contributed by atoms with van der Waals surface area (Å²) in [5, 5.41) is 2.12. The maximum atomic E-state index is 15.5. The van der Waals surface area contributed by atoms with Crippen molar-refractivity contribution < 1.29 is 22.0 Å². The highest BCUT2D eigenvalue weighted by molar-refractivity contribution is 7.69. The van der Waals surface area contributed by atoms with Gasteiger partial charge in [-0.25, -0.2) is 26.9 Å². The van der Waals surface area contributed by atoms with Crippen molar-refractivity contribution in [2.24, 2.45) is 0 Å². The summed E-state index contributed by atoms with van der Waals surface area (Å²) in [6.45, 7) is 1.51. The number of aromatic nitrogens is 2. The van der Waals surface area contributed by atoms with Gasteiger partial charge in [0.25, 0.3) is 0 Å². The van der Waals surface area contributed by atoms with Gasteiger partial charge >= 0.3 is 0 Å². The minimum absolute atomic E-state index is 0.209. The van der Waals surface area contributed by atoms with E-state index in [-0.39, 0.29) is 5.92 Å². The molecule has 2 atom stereocenters. The largest absolute Gasteiger partial charge is 0.319 e. The molecule has 0 bridgehead atoms. The van der Waals surface area contributed by atoms with Crippen LogP contribution in [0, 0.1) is 29.1 Å². The van der Waals surface area contributed by atoms with Crippen LogP contribution in [0.1, 0.15) is 29.3 Å². The number of hydrogen-bond acceptors (Lipinski definition) is 1. The molecule has 1 aromatic heterocycles. The molecule has 1 aliphatic carbocycles. The summed E-state index contributed by atoms with van der Waals surface area (Å²) >= 11 is 0. The number of benzene rings is 5. The summed E-state index contributed by atoms with van der Waals surface area (Å²) in [5.41, 5.74) is 3.37. The Kier molecular flexibility index (Phi) is 9.11. The maximum absolute atomic E-state index is 15.5. The number of allylic oxidation sites excluding steroid dienone is 4. The first-order valence-electron chi connectivity index (χ1n) is 15.8. The van der Waals surface area contributed by atoms with E-state index in [1.54, 1.807) is 4.57 Å². The van der Waals surface area contributed by atoms with Crippen LogP contribution in [0.5, 0.6) is 0 Å². The Bertz CT molecular complexity index is 2150. The van der Waals surface area contributed by atoms with Gasteiger partial charge in [0.15, 0.2) is 23.3 Å². The molecule has 0 N–H and O–H groups in total. The van der Waals surface area contributed by atoms with Crippen molar-refractivity contribution in [2.75, 3.05) is 6.66 Å². The average molecular weight is 677 g/mol. The van der Waals surface area contributed by atoms with Gasteiger partial charge in [0.1, 0.15) is 5.82 Å². The van der Waals surface area contributed by atoms with E-state index in [1.165, 1.54) is 0 Å². The van der Waals surface area contributed by atoms with Gasteiger partial charge in [0.2, 0.25) is 5.82 Å². The summed E-state index contributed by atoms with van der Waals surface area (Å²) in [4.78, 5) is 5.28. The number of nitrogens with zero attached hydrogens (tertiary/aromatic N) is 2. The number of imidazole rings is 1. The van der Waals surface area contributed by atoms with Crippen molar-refractivity contribution in [1.29, 1.82) is 0 Å². The lowest BCUT2D eigenvalue weighted by molar-refractivity contribution is 0.368. The zero-order chi connectivity index (χ0) is 34.1. The molecule has 1 aliphatic rings. The Labute approximate surface area is 282 Å². The molecular formula is C41H30F5N2P. The van der Waals surface area contributed by atoms with E-state index in [2.05, 4.69) is 30.9 Å². The third kappa shape index (κ3) is 6.04. The summed E-state index contributed by atoms with van der Waals surface area (Å²) in [5.74, 6) is -9.69. The summed E-state index contributed by atoms with van der Waals surface area (Å²) < 4.78 is 76.3. The average Bonchev–Trinajstić information content (AvgIpc) is 3.54. The van der Waals surface area contributed by atoms with Crippen LogP contribution in [0.15, 0.2) is 139 Å². The van der Waals surface area contributed by atoms with E-state index in [1.807, 2.05) is 109 Å². The summed E-state index contributed by atoms with van der Waals surface area (Å²) in [6.07, 6.45) is 4.85. The first-order valence-corrected chi connectivity index (χ1v) is 17.6. The standard InChI is InChI=1S/C41H30F5N2P/c1-49(29-21-12-5-13-22-29)32-24-14-23-30(26-15-6-2-7-16-26)33(32)41-47-39(27-17-8-3-9-18-27)40(28-19-10-4-11-20-28)48(41)25-31-34(42)36(44)38(46)37(45)35(31)43/h2-22,24,30H,23,25H2,1H3. The fourth-order valence-corrected chi connectivity index (χ4v) is 8.33. The van der Waals surface area contributed by atoms with Crippen molar-refractivity contribution in [2.45, 2.75) is 18.9 Å². The third-order valence-corrected chi connectivity index (χ3v) is 11.1. The lowest BCUT2D eigenvalue weighted by atomic mass is 9.84. The van der Waals surface area contributed by atoms with Gasteiger partial charge in [-0.15, -0.1) is 0 Å². The SMILES string of the molecule is CP(C1=C(c2nc(-c3ccccc3)c(-c3ccccc3)n2Cc2c(F)c(F)c(F)c(F)c2F)C(c2ccccc2)CC=C1)c1ccccc1. The van der Waals surface area contributed by atoms with Crippen LogP contribution in [0.2, 0.25) is 0 Å². The first-order chi connectivity index (χ1) is 23.8. The highest BCUT2D eigenvalue weighted by atomic mass is 31.1. The quantitative estimate of drug-likeness (QED) is 0.0679. The Morgan fingerprint density at radius 1 is 0.653 bits per heavy atom. The zero-order valence-electron chi connectivity index (χ0n) is 26.4. The van der Waals surface area contributed by atoms with Crippen molar-refractivity contribution in [3.63, 3.8) is 0 Å². The van der Waals surface area contributed by atoms with Gasteiger partial charge in [-0.05, 0) is 37.2 Å². The van der Waals surface area contributed by atoms with E-state index in [9.17, 15) is 13.2 Å². The lowest BCUT2D eigenvalue weighted by Crippen LogP contribution is -2.17. The molecular weight excluding hydrogens is 646 g/mol. The van der Waals surface area contributed by atoms with E-state index in [4.69, 9.17) is 4.98 Å². The molecule has 2 nitrogen and oxygen atoms in total. The Morgan fingerprint density at radius 3 is 1.76 bits per heavy atom. The van der Waals surface area contributed by atoms with Crippen LogP contribution >= 0.6 is 7.92 Å². The van der Waals surface area contributed by atoms with Gasteiger partial charge in [0, 0.05) is 28.2 Å². The second-order valence-corrected chi connectivity index (χ2v) is 13.9. The van der Waals surface area contributed by atoms with Crippen LogP contribution in [0.3, 0.4) is 0 Å². The van der Waals surface area contributed by atoms with Gasteiger partial charge in [0.05, 0.1) is 17.9 Å². The fraction of sp³-hybridized carbons (Fsp3) is 0.0976. The van der Waals surface area contributed by atoms with E-state index in [0.29, 0.717) is 29.2 Å². The molecule has 0 aliphatic heterocycles. The van der Waals surface area contributed by atoms with E-state index >= 15 is 8.78 Å². The summed E-state index contributed by atoms with van der Waals surface area (Å²) in [6, 6.07) is 38.6. The first kappa shape index (κ1) is 32.4. The number of hydrogen-bond donors (Lipinski definition) is 0. The molecule has 0 amide bonds. The second-order valence-electron chi connectivity index (χ2n) is 11.8. The van der Waals surface area contributed by atoms with Crippen LogP contribution in [-0.2, 0) is 6.54 Å². The molecule has 0 spiro atoms. The van der Waals surface area contributed by atoms with Crippen LogP contribution in [0.25, 0.3) is 28.1 Å². The number of halogens is 5. The zero-order valence-corrected chi connectivity index (χ0v) is 27.3. The maximum Gasteiger partial charge on any atom is 0.200 e. The Hall–Kier alpha value is -5.13. The Morgan fingerprint density at radius 2 is 1.16 bits per heavy atom. The fourth-order valence-electron chi connectivity index (χ4n) is 6.49. The highest BCUT2D eigenvalue weighted by Gasteiger charge is 2.34. The molecule has 49 heavy (non-hydrogen) atoms. The van der Waals surface area contributed by atoms with Crippen molar-refractivity contribution >= 4 is 18.8 Å². The van der Waals surface area contributed by atoms with Gasteiger partial charge in [-0.3, -0.25) is 0 Å². The molecule has 2 unspecified atom stereocenters. The normalized spacial score (nSPS) is 15.1. The van der Waals surface area contributed by atoms with Gasteiger partial charge in [-0.2, -0.15) is 0 Å². The molecule has 6 aromatic rings. The highest BCUT2D eigenvalue weighted by Crippen LogP contribution is 2.53. The number of rotatable bonds is 8. The van der Waals surface area contributed by atoms with Gasteiger partial charge < -0.3 is 4.57 Å². The predicted octanol–water partition coefficient (Wildman–Crippen LogP) is 10.9. The van der Waals surface area contributed by atoms with Crippen LogP contribution in [0.4, 0.5) is 22.0 Å². The van der Waals surface area contributed by atoms with E-state index < -0.39 is 49.1 Å². The summed E-state index contributed by atoms with van der Waals surface area (Å²) in [7, 11) is -0.960. The topological polar surface area (TPSA) is 17.8 Å². The molecule has 0 radical (unpaired) electrons. The molecule has 244 valence electrons. The van der Waals surface area contributed by atoms with Crippen molar-refractivity contribution in [3.8, 4) is 22.5 Å². The van der Waals surface area contributed by atoms with Crippen molar-refractivity contribution in [3.05, 3.63) is 185 Å². The third-order valence-electron chi connectivity index (χ3n) is 8.90.